The fourth-order valence-corrected chi connectivity index (χ4v) is 0.253. The molecular weight excluding hydrogens is 127 g/mol. The Balaban J connectivity index is 3.39. The predicted molar refractivity (Wildman–Crippen MR) is 30.0 cm³/mol. The molecule has 0 aliphatic carbocycles. The third-order valence-electron chi connectivity index (χ3n) is 0.599. The van der Waals surface area contributed by atoms with Crippen LogP contribution in [-0.4, -0.2) is 31.6 Å². The zero-order valence-corrected chi connectivity index (χ0v) is 5.35. The lowest BCUT2D eigenvalue weighted by Crippen LogP contribution is -2.42. The molecule has 0 rings (SSSR count). The SMILES string of the molecule is C[N+](C)([O-])CNC(=O)F. The normalized spacial score (nSPS) is 11.1. The minimum atomic E-state index is -1.67. The van der Waals surface area contributed by atoms with Crippen LogP contribution in [0.4, 0.5) is 9.18 Å². The molecule has 0 heterocycles. The molecule has 54 valence electrons. The molecule has 1 N–H and O–H groups in total. The highest BCUT2D eigenvalue weighted by atomic mass is 19.1. The van der Waals surface area contributed by atoms with Gasteiger partial charge in [0.1, 0.15) is 0 Å². The highest BCUT2D eigenvalue weighted by molar-refractivity contribution is 5.65. The van der Waals surface area contributed by atoms with E-state index in [0.29, 0.717) is 0 Å². The molecule has 0 fully saturated rings. The molecule has 4 nitrogen and oxygen atoms in total. The number of carbonyl (C=O) groups excluding carboxylic acids is 1. The summed E-state index contributed by atoms with van der Waals surface area (Å²) in [4.78, 5) is 9.56. The van der Waals surface area contributed by atoms with Gasteiger partial charge in [0.05, 0.1) is 14.1 Å². The van der Waals surface area contributed by atoms with Crippen LogP contribution in [0.3, 0.4) is 0 Å². The molecule has 0 aromatic carbocycles. The van der Waals surface area contributed by atoms with Crippen molar-refractivity contribution < 1.29 is 13.8 Å². The molecule has 1 amide bonds. The van der Waals surface area contributed by atoms with Gasteiger partial charge in [-0.2, -0.15) is 0 Å². The van der Waals surface area contributed by atoms with Crippen molar-refractivity contribution in [2.24, 2.45) is 0 Å². The van der Waals surface area contributed by atoms with Crippen molar-refractivity contribution in [2.75, 3.05) is 20.8 Å². The molecule has 0 saturated carbocycles. The number of halogens is 1. The fraction of sp³-hybridized carbons (Fsp3) is 0.750. The summed E-state index contributed by atoms with van der Waals surface area (Å²) in [5.74, 6) is 0. The lowest BCUT2D eigenvalue weighted by Gasteiger charge is -2.32. The van der Waals surface area contributed by atoms with Crippen LogP contribution < -0.4 is 5.32 Å². The molecule has 0 unspecified atom stereocenters. The van der Waals surface area contributed by atoms with Gasteiger partial charge in [0.25, 0.3) is 0 Å². The Morgan fingerprint density at radius 1 is 1.78 bits per heavy atom. The Morgan fingerprint density at radius 2 is 2.22 bits per heavy atom. The Labute approximate surface area is 52.4 Å². The van der Waals surface area contributed by atoms with Gasteiger partial charge >= 0.3 is 6.16 Å². The molecule has 0 bridgehead atoms. The first kappa shape index (κ1) is 8.32. The monoisotopic (exact) mass is 136 g/mol. The van der Waals surface area contributed by atoms with Gasteiger partial charge in [-0.25, -0.2) is 4.79 Å². The third-order valence-corrected chi connectivity index (χ3v) is 0.599. The summed E-state index contributed by atoms with van der Waals surface area (Å²) in [5.41, 5.74) is 0. The first-order valence-corrected chi connectivity index (χ1v) is 2.39. The van der Waals surface area contributed by atoms with Gasteiger partial charge in [0, 0.05) is 0 Å². The lowest BCUT2D eigenvalue weighted by atomic mass is 10.8. The number of hydrogen-bond donors (Lipinski definition) is 1. The number of quaternary nitrogens is 1. The van der Waals surface area contributed by atoms with Crippen LogP contribution in [0.1, 0.15) is 0 Å². The van der Waals surface area contributed by atoms with Crippen molar-refractivity contribution in [3.63, 3.8) is 0 Å². The number of carbonyl (C=O) groups is 1. The molecule has 5 heteroatoms. The first-order chi connectivity index (χ1) is 3.92. The summed E-state index contributed by atoms with van der Waals surface area (Å²) in [6.45, 7) is -0.241. The van der Waals surface area contributed by atoms with E-state index in [-0.39, 0.29) is 6.67 Å². The molecule has 0 aliphatic rings. The minimum Gasteiger partial charge on any atom is -0.632 e. The van der Waals surface area contributed by atoms with Crippen molar-refractivity contribution in [3.8, 4) is 0 Å². The van der Waals surface area contributed by atoms with E-state index < -0.39 is 10.8 Å². The molecule has 0 atom stereocenters. The number of rotatable bonds is 2. The van der Waals surface area contributed by atoms with E-state index >= 15 is 0 Å². The van der Waals surface area contributed by atoms with E-state index in [4.69, 9.17) is 0 Å². The number of nitrogens with one attached hydrogen (secondary N) is 1. The average Bonchev–Trinajstić information content (AvgIpc) is 1.59. The Kier molecular flexibility index (Phi) is 2.54. The van der Waals surface area contributed by atoms with E-state index in [1.54, 1.807) is 5.32 Å². The molecule has 0 saturated heterocycles. The highest BCUT2D eigenvalue weighted by Crippen LogP contribution is 1.87. The van der Waals surface area contributed by atoms with E-state index in [0.717, 1.165) is 0 Å². The summed E-state index contributed by atoms with van der Waals surface area (Å²) in [6, 6.07) is 0. The van der Waals surface area contributed by atoms with Crippen molar-refractivity contribution >= 4 is 6.16 Å². The van der Waals surface area contributed by atoms with Gasteiger partial charge in [-0.05, 0) is 0 Å². The molecule has 0 aromatic rings. The molecule has 0 aromatic heterocycles. The van der Waals surface area contributed by atoms with Gasteiger partial charge in [-0.15, -0.1) is 4.39 Å². The molecule has 0 aliphatic heterocycles. The minimum absolute atomic E-state index is 0.241. The van der Waals surface area contributed by atoms with E-state index in [9.17, 15) is 14.4 Å². The van der Waals surface area contributed by atoms with Crippen LogP contribution >= 0.6 is 0 Å². The predicted octanol–water partition coefficient (Wildman–Crippen LogP) is 0.197. The van der Waals surface area contributed by atoms with Crippen molar-refractivity contribution in [1.82, 2.24) is 5.32 Å². The van der Waals surface area contributed by atoms with Gasteiger partial charge in [-0.3, -0.25) is 5.32 Å². The number of hydrogen-bond acceptors (Lipinski definition) is 2. The topological polar surface area (TPSA) is 52.2 Å². The standard InChI is InChI=1S/C4H9FN2O2/c1-7(2,9)3-6-4(5)8/h3H2,1-2H3,(H,6,8). The Hall–Kier alpha value is -0.680. The van der Waals surface area contributed by atoms with Gasteiger partial charge in [-0.1, -0.05) is 0 Å². The Bertz CT molecular complexity index is 110. The second kappa shape index (κ2) is 2.75. The Morgan fingerprint density at radius 3 is 2.33 bits per heavy atom. The van der Waals surface area contributed by atoms with E-state index in [1.165, 1.54) is 14.1 Å². The van der Waals surface area contributed by atoms with Gasteiger partial charge in [0.15, 0.2) is 6.67 Å². The molecule has 0 spiro atoms. The van der Waals surface area contributed by atoms with E-state index in [2.05, 4.69) is 0 Å². The fourth-order valence-electron chi connectivity index (χ4n) is 0.253. The number of hydroxylamine groups is 3. The molecule has 9 heavy (non-hydrogen) atoms. The van der Waals surface area contributed by atoms with Crippen LogP contribution in [0, 0.1) is 5.21 Å². The third kappa shape index (κ3) is 7.32. The van der Waals surface area contributed by atoms with Crippen molar-refractivity contribution in [1.29, 1.82) is 0 Å². The summed E-state index contributed by atoms with van der Waals surface area (Å²) in [6.07, 6.45) is -1.67. The van der Waals surface area contributed by atoms with Crippen molar-refractivity contribution in [2.45, 2.75) is 0 Å². The van der Waals surface area contributed by atoms with Crippen LogP contribution in [0.15, 0.2) is 0 Å². The number of amides is 1. The zero-order valence-electron chi connectivity index (χ0n) is 5.35. The molecule has 0 radical (unpaired) electrons. The maximum atomic E-state index is 11.3. The summed E-state index contributed by atoms with van der Waals surface area (Å²) < 4.78 is 10.6. The second-order valence-electron chi connectivity index (χ2n) is 2.18. The van der Waals surface area contributed by atoms with Crippen LogP contribution in [0.2, 0.25) is 0 Å². The quantitative estimate of drug-likeness (QED) is 0.194. The van der Waals surface area contributed by atoms with Gasteiger partial charge < -0.3 is 9.85 Å². The smallest absolute Gasteiger partial charge is 0.401 e. The summed E-state index contributed by atoms with van der Waals surface area (Å²) >= 11 is 0. The number of nitrogens with zero attached hydrogens (tertiary/aromatic N) is 1. The van der Waals surface area contributed by atoms with Crippen LogP contribution in [0.25, 0.3) is 0 Å². The van der Waals surface area contributed by atoms with Gasteiger partial charge in [0.2, 0.25) is 0 Å². The highest BCUT2D eigenvalue weighted by Gasteiger charge is 2.02. The van der Waals surface area contributed by atoms with Crippen LogP contribution in [-0.2, 0) is 0 Å². The first-order valence-electron chi connectivity index (χ1n) is 2.39. The second-order valence-corrected chi connectivity index (χ2v) is 2.18. The van der Waals surface area contributed by atoms with E-state index in [1.807, 2.05) is 0 Å². The average molecular weight is 136 g/mol. The molecular formula is C4H9FN2O2. The maximum absolute atomic E-state index is 11.3. The largest absolute Gasteiger partial charge is 0.632 e. The summed E-state index contributed by atoms with van der Waals surface area (Å²) in [7, 11) is 2.60. The maximum Gasteiger partial charge on any atom is 0.401 e. The van der Waals surface area contributed by atoms with Crippen LogP contribution in [0.5, 0.6) is 0 Å². The zero-order chi connectivity index (χ0) is 7.49. The summed E-state index contributed by atoms with van der Waals surface area (Å²) in [5, 5.41) is 12.3. The van der Waals surface area contributed by atoms with Crippen molar-refractivity contribution in [3.05, 3.63) is 5.21 Å². The lowest BCUT2D eigenvalue weighted by molar-refractivity contribution is -0.841.